The van der Waals surface area contributed by atoms with E-state index in [1.807, 2.05) is 0 Å². The van der Waals surface area contributed by atoms with Crippen molar-refractivity contribution < 1.29 is 13.2 Å². The van der Waals surface area contributed by atoms with Crippen molar-refractivity contribution >= 4 is 15.7 Å². The summed E-state index contributed by atoms with van der Waals surface area (Å²) in [6, 6.07) is 12.2. The number of aryl methyl sites for hydroxylation is 1. The molecule has 0 saturated heterocycles. The molecular formula is C19H21NO3S. The smallest absolute Gasteiger partial charge is 0.248 e. The fraction of sp³-hybridized carbons (Fsp3) is 0.211. The number of carbonyl (C=O) groups excluding carboxylic acids is 1. The lowest BCUT2D eigenvalue weighted by Crippen LogP contribution is -2.11. The molecule has 2 aliphatic carbocycles. The van der Waals surface area contributed by atoms with Gasteiger partial charge in [0.25, 0.3) is 0 Å². The van der Waals surface area contributed by atoms with Gasteiger partial charge in [-0.2, -0.15) is 0 Å². The predicted octanol–water partition coefficient (Wildman–Crippen LogP) is 3.71. The molecule has 0 radical (unpaired) electrons. The fourth-order valence-electron chi connectivity index (χ4n) is 2.37. The van der Waals surface area contributed by atoms with Gasteiger partial charge in [-0.1, -0.05) is 44.2 Å². The standard InChI is InChI=1S/C10H12.C9H9NO3S/c1-2-3-4-8-7-9-5-6-10(8)9;1-2-14(12,13)8-5-3-4-7(6-8)9(10)11/h5-7H,2-4H2,1H3;2-6H,1H2,(H2,10,11). The van der Waals surface area contributed by atoms with Gasteiger partial charge in [0.15, 0.2) is 9.84 Å². The number of primary amides is 1. The van der Waals surface area contributed by atoms with E-state index in [4.69, 9.17) is 5.73 Å². The van der Waals surface area contributed by atoms with Crippen LogP contribution < -0.4 is 5.73 Å². The van der Waals surface area contributed by atoms with Gasteiger partial charge in [0.05, 0.1) is 4.90 Å². The molecule has 0 spiro atoms. The summed E-state index contributed by atoms with van der Waals surface area (Å²) in [7, 11) is -3.50. The maximum atomic E-state index is 11.3. The Morgan fingerprint density at radius 1 is 1.21 bits per heavy atom. The molecule has 126 valence electrons. The van der Waals surface area contributed by atoms with E-state index >= 15 is 0 Å². The van der Waals surface area contributed by atoms with E-state index in [9.17, 15) is 13.2 Å². The molecule has 2 N–H and O–H groups in total. The quantitative estimate of drug-likeness (QED) is 0.741. The SMILES string of the molecule is C=CS(=O)(=O)c1cccc(C(N)=O)c1.CCCCc1cc2ccc1-2. The monoisotopic (exact) mass is 343 g/mol. The number of rotatable bonds is 6. The second-order valence-electron chi connectivity index (χ2n) is 5.58. The highest BCUT2D eigenvalue weighted by molar-refractivity contribution is 7.94. The highest BCUT2D eigenvalue weighted by Crippen LogP contribution is 2.37. The zero-order chi connectivity index (χ0) is 17.7. The van der Waals surface area contributed by atoms with Crippen LogP contribution in [0.4, 0.5) is 0 Å². The van der Waals surface area contributed by atoms with Gasteiger partial charge in [-0.3, -0.25) is 4.79 Å². The first-order valence-electron chi connectivity index (χ1n) is 7.79. The van der Waals surface area contributed by atoms with E-state index in [1.54, 1.807) is 5.56 Å². The molecule has 0 aliphatic heterocycles. The van der Waals surface area contributed by atoms with Crippen LogP contribution in [0.2, 0.25) is 0 Å². The van der Waals surface area contributed by atoms with E-state index in [-0.39, 0.29) is 10.5 Å². The summed E-state index contributed by atoms with van der Waals surface area (Å²) in [5, 5.41) is 0.826. The van der Waals surface area contributed by atoms with Crippen LogP contribution in [0.15, 0.2) is 59.3 Å². The Morgan fingerprint density at radius 3 is 2.42 bits per heavy atom. The molecule has 0 aromatic heterocycles. The number of carbonyl (C=O) groups is 1. The van der Waals surface area contributed by atoms with Gasteiger partial charge in [-0.05, 0) is 47.7 Å². The molecule has 1 amide bonds. The van der Waals surface area contributed by atoms with Crippen molar-refractivity contribution in [2.24, 2.45) is 5.73 Å². The molecule has 2 aliphatic rings. The molecule has 1 aromatic carbocycles. The average Bonchev–Trinajstić information content (AvgIpc) is 2.56. The third-order valence-corrected chi connectivity index (χ3v) is 5.23. The number of benzene rings is 2. The normalized spacial score (nSPS) is 11.2. The van der Waals surface area contributed by atoms with Crippen LogP contribution in [0, 0.1) is 0 Å². The minimum absolute atomic E-state index is 0.0174. The minimum atomic E-state index is -3.50. The molecule has 0 fully saturated rings. The average molecular weight is 343 g/mol. The fourth-order valence-corrected chi connectivity index (χ4v) is 3.12. The number of amides is 1. The number of fused-ring (bicyclic) bond motifs is 1. The first kappa shape index (κ1) is 17.9. The van der Waals surface area contributed by atoms with Crippen molar-refractivity contribution in [1.82, 2.24) is 0 Å². The summed E-state index contributed by atoms with van der Waals surface area (Å²) >= 11 is 0. The number of sulfone groups is 1. The van der Waals surface area contributed by atoms with Crippen LogP contribution in [0.1, 0.15) is 35.7 Å². The Morgan fingerprint density at radius 2 is 1.96 bits per heavy atom. The van der Waals surface area contributed by atoms with Gasteiger partial charge in [0, 0.05) is 11.0 Å². The Bertz CT molecular complexity index is 870. The van der Waals surface area contributed by atoms with E-state index in [0.29, 0.717) is 0 Å². The highest BCUT2D eigenvalue weighted by atomic mass is 32.2. The molecule has 5 heteroatoms. The lowest BCUT2D eigenvalue weighted by Gasteiger charge is -2.20. The maximum absolute atomic E-state index is 11.3. The minimum Gasteiger partial charge on any atom is -0.366 e. The molecule has 3 rings (SSSR count). The van der Waals surface area contributed by atoms with E-state index < -0.39 is 15.7 Å². The molecule has 4 nitrogen and oxygen atoms in total. The van der Waals surface area contributed by atoms with Crippen LogP contribution in [0.3, 0.4) is 0 Å². The van der Waals surface area contributed by atoms with Crippen molar-refractivity contribution in [3.8, 4) is 11.1 Å². The summed E-state index contributed by atoms with van der Waals surface area (Å²) in [4.78, 5) is 10.8. The summed E-state index contributed by atoms with van der Waals surface area (Å²) in [5.41, 5.74) is 9.76. The highest BCUT2D eigenvalue weighted by Gasteiger charge is 2.14. The third kappa shape index (κ3) is 3.92. The Kier molecular flexibility index (Phi) is 5.57. The summed E-state index contributed by atoms with van der Waals surface area (Å²) in [5.74, 6) is -0.661. The third-order valence-electron chi connectivity index (χ3n) is 3.88. The zero-order valence-electron chi connectivity index (χ0n) is 13.7. The number of nitrogens with two attached hydrogens (primary N) is 1. The molecule has 0 saturated carbocycles. The molecule has 1 aromatic rings. The second kappa shape index (κ2) is 7.45. The van der Waals surface area contributed by atoms with Crippen molar-refractivity contribution in [1.29, 1.82) is 0 Å². The van der Waals surface area contributed by atoms with Crippen LogP contribution in [0.5, 0.6) is 0 Å². The maximum Gasteiger partial charge on any atom is 0.248 e. The van der Waals surface area contributed by atoms with Crippen molar-refractivity contribution in [3.05, 3.63) is 65.6 Å². The van der Waals surface area contributed by atoms with Crippen molar-refractivity contribution in [3.63, 3.8) is 0 Å². The molecule has 0 heterocycles. The van der Waals surface area contributed by atoms with Gasteiger partial charge in [-0.25, -0.2) is 8.42 Å². The summed E-state index contributed by atoms with van der Waals surface area (Å²) in [6.45, 7) is 5.42. The van der Waals surface area contributed by atoms with Crippen LogP contribution >= 0.6 is 0 Å². The van der Waals surface area contributed by atoms with Gasteiger partial charge < -0.3 is 5.73 Å². The number of hydrogen-bond acceptors (Lipinski definition) is 3. The van der Waals surface area contributed by atoms with E-state index in [1.165, 1.54) is 54.7 Å². The van der Waals surface area contributed by atoms with Gasteiger partial charge in [0.1, 0.15) is 0 Å². The van der Waals surface area contributed by atoms with E-state index in [0.717, 1.165) is 5.41 Å². The zero-order valence-corrected chi connectivity index (χ0v) is 14.5. The predicted molar refractivity (Wildman–Crippen MR) is 96.4 cm³/mol. The van der Waals surface area contributed by atoms with Gasteiger partial charge in [0.2, 0.25) is 5.91 Å². The largest absolute Gasteiger partial charge is 0.366 e. The molecule has 0 bridgehead atoms. The topological polar surface area (TPSA) is 77.2 Å². The van der Waals surface area contributed by atoms with Crippen LogP contribution in [0.25, 0.3) is 11.1 Å². The first-order chi connectivity index (χ1) is 11.4. The van der Waals surface area contributed by atoms with Gasteiger partial charge >= 0.3 is 0 Å². The lowest BCUT2D eigenvalue weighted by atomic mass is 9.84. The van der Waals surface area contributed by atoms with Crippen molar-refractivity contribution in [2.45, 2.75) is 31.1 Å². The molecular weight excluding hydrogens is 322 g/mol. The first-order valence-corrected chi connectivity index (χ1v) is 9.34. The Hall–Kier alpha value is -2.40. The summed E-state index contributed by atoms with van der Waals surface area (Å²) in [6.07, 6.45) is 3.94. The molecule has 24 heavy (non-hydrogen) atoms. The Labute approximate surface area is 142 Å². The van der Waals surface area contributed by atoms with Crippen LogP contribution in [-0.4, -0.2) is 14.3 Å². The number of unbranched alkanes of at least 4 members (excludes halogenated alkanes) is 1. The van der Waals surface area contributed by atoms with Crippen LogP contribution in [-0.2, 0) is 16.3 Å². The molecule has 0 unspecified atom stereocenters. The number of hydrogen-bond donors (Lipinski definition) is 1. The van der Waals surface area contributed by atoms with E-state index in [2.05, 4.69) is 31.7 Å². The lowest BCUT2D eigenvalue weighted by molar-refractivity contribution is 0.1000. The second-order valence-corrected chi connectivity index (χ2v) is 7.47. The molecule has 0 atom stereocenters. The summed E-state index contributed by atoms with van der Waals surface area (Å²) < 4.78 is 22.6. The Balaban J connectivity index is 0.000000182. The van der Waals surface area contributed by atoms with Gasteiger partial charge in [-0.15, -0.1) is 0 Å². The van der Waals surface area contributed by atoms with Crippen molar-refractivity contribution in [2.75, 3.05) is 0 Å².